The maximum atomic E-state index is 11.6. The molecule has 2 heterocycles. The molecule has 7 nitrogen and oxygen atoms in total. The van der Waals surface area contributed by atoms with Crippen LogP contribution >= 0.6 is 0 Å². The molecule has 23 heavy (non-hydrogen) atoms. The minimum absolute atomic E-state index is 0.139. The summed E-state index contributed by atoms with van der Waals surface area (Å²) in [7, 11) is 0. The van der Waals surface area contributed by atoms with E-state index in [4.69, 9.17) is 14.2 Å². The number of hydrogen-bond donors (Lipinski definition) is 1. The van der Waals surface area contributed by atoms with Gasteiger partial charge in [-0.3, -0.25) is 9.48 Å². The Morgan fingerprint density at radius 1 is 1.35 bits per heavy atom. The summed E-state index contributed by atoms with van der Waals surface area (Å²) >= 11 is 0. The van der Waals surface area contributed by atoms with E-state index in [1.807, 2.05) is 0 Å². The van der Waals surface area contributed by atoms with Gasteiger partial charge >= 0.3 is 0 Å². The number of rotatable bonds is 5. The van der Waals surface area contributed by atoms with Crippen LogP contribution in [0.5, 0.6) is 17.2 Å². The molecular formula is C16H15N3O4. The Balaban J connectivity index is 1.36. The molecule has 1 N–H and O–H groups in total. The second-order valence-electron chi connectivity index (χ2n) is 4.64. The van der Waals surface area contributed by atoms with Crippen molar-refractivity contribution in [1.82, 2.24) is 15.1 Å². The van der Waals surface area contributed by atoms with Crippen molar-refractivity contribution in [2.45, 2.75) is 6.54 Å². The lowest BCUT2D eigenvalue weighted by molar-refractivity contribution is -0.121. The van der Waals surface area contributed by atoms with E-state index in [2.05, 4.69) is 22.3 Å². The van der Waals surface area contributed by atoms with Gasteiger partial charge in [0.15, 0.2) is 11.5 Å². The molecule has 0 radical (unpaired) electrons. The van der Waals surface area contributed by atoms with Gasteiger partial charge < -0.3 is 19.5 Å². The lowest BCUT2D eigenvalue weighted by Gasteiger charge is -2.03. The molecule has 1 aromatic carbocycles. The summed E-state index contributed by atoms with van der Waals surface area (Å²) in [6.45, 7) is 0.915. The van der Waals surface area contributed by atoms with Crippen molar-refractivity contribution < 1.29 is 19.0 Å². The number of amides is 1. The zero-order chi connectivity index (χ0) is 15.9. The van der Waals surface area contributed by atoms with Crippen LogP contribution in [0.4, 0.5) is 0 Å². The Hall–Kier alpha value is -3.14. The van der Waals surface area contributed by atoms with Gasteiger partial charge in [-0.05, 0) is 18.2 Å². The monoisotopic (exact) mass is 313 g/mol. The van der Waals surface area contributed by atoms with E-state index in [-0.39, 0.29) is 32.4 Å². The van der Waals surface area contributed by atoms with Crippen LogP contribution in [0.15, 0.2) is 36.7 Å². The summed E-state index contributed by atoms with van der Waals surface area (Å²) in [5.41, 5.74) is 0. The van der Waals surface area contributed by atoms with Gasteiger partial charge in [0.05, 0.1) is 6.54 Å². The molecule has 3 rings (SSSR count). The lowest BCUT2D eigenvalue weighted by Crippen LogP contribution is -2.28. The first-order chi connectivity index (χ1) is 11.3. The van der Waals surface area contributed by atoms with Crippen LogP contribution in [0.25, 0.3) is 0 Å². The molecule has 2 aromatic rings. The molecule has 0 spiro atoms. The van der Waals surface area contributed by atoms with Crippen LogP contribution in [0.3, 0.4) is 0 Å². The molecule has 1 aliphatic rings. The predicted molar refractivity (Wildman–Crippen MR) is 81.1 cm³/mol. The predicted octanol–water partition coefficient (Wildman–Crippen LogP) is 0.810. The molecule has 0 atom stereocenters. The van der Waals surface area contributed by atoms with Crippen molar-refractivity contribution in [3.05, 3.63) is 36.7 Å². The number of aromatic nitrogens is 2. The van der Waals surface area contributed by atoms with E-state index in [1.54, 1.807) is 41.3 Å². The van der Waals surface area contributed by atoms with Crippen molar-refractivity contribution >= 4 is 5.91 Å². The van der Waals surface area contributed by atoms with Gasteiger partial charge in [0.1, 0.15) is 18.9 Å². The maximum Gasteiger partial charge on any atom is 0.242 e. The number of fused-ring (bicyclic) bond motifs is 1. The molecule has 118 valence electrons. The Morgan fingerprint density at radius 3 is 3.13 bits per heavy atom. The van der Waals surface area contributed by atoms with Crippen LogP contribution in [0.2, 0.25) is 0 Å². The average molecular weight is 313 g/mol. The third-order valence-electron chi connectivity index (χ3n) is 3.02. The third-order valence-corrected chi connectivity index (χ3v) is 3.02. The highest BCUT2D eigenvalue weighted by atomic mass is 16.7. The van der Waals surface area contributed by atoms with Crippen LogP contribution < -0.4 is 19.5 Å². The summed E-state index contributed by atoms with van der Waals surface area (Å²) in [6.07, 6.45) is 3.35. The second-order valence-corrected chi connectivity index (χ2v) is 4.64. The third kappa shape index (κ3) is 4.17. The quantitative estimate of drug-likeness (QED) is 0.827. The second kappa shape index (κ2) is 7.22. The number of carbonyl (C=O) groups is 1. The molecule has 0 aliphatic carbocycles. The fourth-order valence-corrected chi connectivity index (χ4v) is 1.94. The normalized spacial score (nSPS) is 11.5. The van der Waals surface area contributed by atoms with Crippen molar-refractivity contribution in [2.24, 2.45) is 0 Å². The van der Waals surface area contributed by atoms with Gasteiger partial charge in [-0.1, -0.05) is 11.8 Å². The summed E-state index contributed by atoms with van der Waals surface area (Å²) in [6, 6.07) is 7.11. The first-order valence-electron chi connectivity index (χ1n) is 7.03. The van der Waals surface area contributed by atoms with Gasteiger partial charge in [0, 0.05) is 18.5 Å². The van der Waals surface area contributed by atoms with Gasteiger partial charge in [-0.2, -0.15) is 5.10 Å². The largest absolute Gasteiger partial charge is 0.481 e. The maximum absolute atomic E-state index is 11.6. The zero-order valence-electron chi connectivity index (χ0n) is 12.3. The fraction of sp³-hybridized carbons (Fsp3) is 0.250. The molecule has 0 unspecified atom stereocenters. The van der Waals surface area contributed by atoms with Gasteiger partial charge in [0.2, 0.25) is 12.7 Å². The molecule has 0 saturated heterocycles. The van der Waals surface area contributed by atoms with E-state index in [0.717, 1.165) is 0 Å². The minimum Gasteiger partial charge on any atom is -0.481 e. The van der Waals surface area contributed by atoms with E-state index in [0.29, 0.717) is 17.2 Å². The van der Waals surface area contributed by atoms with E-state index >= 15 is 0 Å². The van der Waals surface area contributed by atoms with E-state index in [1.165, 1.54) is 0 Å². The van der Waals surface area contributed by atoms with Gasteiger partial charge in [0.25, 0.3) is 0 Å². The number of carbonyl (C=O) groups excluding carboxylic acids is 1. The van der Waals surface area contributed by atoms with Gasteiger partial charge in [-0.15, -0.1) is 0 Å². The highest BCUT2D eigenvalue weighted by Gasteiger charge is 2.13. The Kier molecular flexibility index (Phi) is 4.64. The summed E-state index contributed by atoms with van der Waals surface area (Å²) in [5, 5.41) is 6.64. The minimum atomic E-state index is -0.139. The Morgan fingerprint density at radius 2 is 2.26 bits per heavy atom. The smallest absolute Gasteiger partial charge is 0.242 e. The summed E-state index contributed by atoms with van der Waals surface area (Å²) < 4.78 is 17.5. The molecule has 0 fully saturated rings. The standard InChI is InChI=1S/C16H15N3O4/c20-16(11-19-8-3-7-18-19)17-6-1-2-9-21-13-4-5-14-15(10-13)23-12-22-14/h3-5,7-8,10H,6,9,11-12H2,(H,17,20). The van der Waals surface area contributed by atoms with Crippen LogP contribution in [0, 0.1) is 11.8 Å². The Labute approximate surface area is 133 Å². The van der Waals surface area contributed by atoms with Crippen molar-refractivity contribution in [3.8, 4) is 29.1 Å². The lowest BCUT2D eigenvalue weighted by atomic mass is 10.3. The number of hydrogen-bond acceptors (Lipinski definition) is 5. The highest BCUT2D eigenvalue weighted by molar-refractivity contribution is 5.75. The number of benzene rings is 1. The van der Waals surface area contributed by atoms with Crippen molar-refractivity contribution in [2.75, 3.05) is 19.9 Å². The van der Waals surface area contributed by atoms with Crippen LogP contribution in [-0.2, 0) is 11.3 Å². The molecular weight excluding hydrogens is 298 g/mol. The van der Waals surface area contributed by atoms with E-state index in [9.17, 15) is 4.79 Å². The molecule has 7 heteroatoms. The average Bonchev–Trinajstić information content (AvgIpc) is 3.21. The topological polar surface area (TPSA) is 74.6 Å². The van der Waals surface area contributed by atoms with Gasteiger partial charge in [-0.25, -0.2) is 0 Å². The first-order valence-corrected chi connectivity index (χ1v) is 7.03. The molecule has 1 amide bonds. The zero-order valence-corrected chi connectivity index (χ0v) is 12.3. The molecule has 1 aliphatic heterocycles. The van der Waals surface area contributed by atoms with Crippen LogP contribution in [-0.4, -0.2) is 35.6 Å². The summed E-state index contributed by atoms with van der Waals surface area (Å²) in [4.78, 5) is 11.6. The van der Waals surface area contributed by atoms with Crippen molar-refractivity contribution in [3.63, 3.8) is 0 Å². The Bertz CT molecular complexity index is 732. The number of nitrogens with one attached hydrogen (secondary N) is 1. The SMILES string of the molecule is O=C(Cn1cccn1)NCC#CCOc1ccc2c(c1)OCO2. The summed E-state index contributed by atoms with van der Waals surface area (Å²) in [5.74, 6) is 7.56. The fourth-order valence-electron chi connectivity index (χ4n) is 1.94. The van der Waals surface area contributed by atoms with Crippen molar-refractivity contribution in [1.29, 1.82) is 0 Å². The molecule has 0 bridgehead atoms. The number of nitrogens with zero attached hydrogens (tertiary/aromatic N) is 2. The molecule has 1 aromatic heterocycles. The highest BCUT2D eigenvalue weighted by Crippen LogP contribution is 2.34. The van der Waals surface area contributed by atoms with E-state index < -0.39 is 0 Å². The molecule has 0 saturated carbocycles. The number of ether oxygens (including phenoxy) is 3. The first kappa shape index (κ1) is 14.8. The van der Waals surface area contributed by atoms with Crippen LogP contribution in [0.1, 0.15) is 0 Å².